The normalized spacial score (nSPS) is 22.0. The lowest BCUT2D eigenvalue weighted by Crippen LogP contribution is -2.50. The second kappa shape index (κ2) is 12.8. The highest BCUT2D eigenvalue weighted by Crippen LogP contribution is 2.38. The quantitative estimate of drug-likeness (QED) is 0.181. The number of hydrogen-bond acceptors (Lipinski definition) is 8. The van der Waals surface area contributed by atoms with E-state index in [1.807, 2.05) is 20.8 Å². The minimum Gasteiger partial charge on any atom is -0.459 e. The predicted molar refractivity (Wildman–Crippen MR) is 151 cm³/mol. The van der Waals surface area contributed by atoms with Crippen molar-refractivity contribution in [3.8, 4) is 0 Å². The zero-order valence-electron chi connectivity index (χ0n) is 22.7. The van der Waals surface area contributed by atoms with E-state index < -0.39 is 42.0 Å². The molecule has 8 nitrogen and oxygen atoms in total. The average molecular weight is 611 g/mol. The van der Waals surface area contributed by atoms with Crippen LogP contribution in [0.3, 0.4) is 0 Å². The Bertz CT molecular complexity index is 1330. The summed E-state index contributed by atoms with van der Waals surface area (Å²) >= 11 is 3.40. The van der Waals surface area contributed by atoms with E-state index in [-0.39, 0.29) is 11.9 Å². The van der Waals surface area contributed by atoms with Crippen LogP contribution in [0.4, 0.5) is 0 Å². The molecule has 0 radical (unpaired) electrons. The van der Waals surface area contributed by atoms with Crippen LogP contribution >= 0.6 is 15.9 Å². The van der Waals surface area contributed by atoms with E-state index in [9.17, 15) is 14.4 Å². The lowest BCUT2D eigenvalue weighted by Gasteiger charge is -2.31. The Morgan fingerprint density at radius 1 is 0.725 bits per heavy atom. The second-order valence-corrected chi connectivity index (χ2v) is 10.3. The maximum absolute atomic E-state index is 13.2. The lowest BCUT2D eigenvalue weighted by atomic mass is 10.0. The number of rotatable bonds is 9. The minimum atomic E-state index is -1.53. The first kappa shape index (κ1) is 29.5. The zero-order valence-corrected chi connectivity index (χ0v) is 24.3. The number of methoxy groups -OCH3 is 1. The summed E-state index contributed by atoms with van der Waals surface area (Å²) in [5, 5.41) is 0.0728. The van der Waals surface area contributed by atoms with Crippen molar-refractivity contribution >= 4 is 33.8 Å². The minimum absolute atomic E-state index is 0.0728. The van der Waals surface area contributed by atoms with Crippen molar-refractivity contribution in [3.63, 3.8) is 0 Å². The van der Waals surface area contributed by atoms with Crippen LogP contribution < -0.4 is 0 Å². The van der Waals surface area contributed by atoms with Crippen LogP contribution in [-0.2, 0) is 23.7 Å². The summed E-state index contributed by atoms with van der Waals surface area (Å²) in [6.45, 7) is 5.44. The highest BCUT2D eigenvalue weighted by atomic mass is 79.9. The zero-order chi connectivity index (χ0) is 28.9. The van der Waals surface area contributed by atoms with E-state index in [0.717, 1.165) is 16.7 Å². The number of ether oxygens (including phenoxy) is 5. The summed E-state index contributed by atoms with van der Waals surface area (Å²) < 4.78 is 29.2. The Hall–Kier alpha value is -3.53. The molecule has 9 heteroatoms. The summed E-state index contributed by atoms with van der Waals surface area (Å²) in [5.74, 6) is -3.40. The standard InChI is InChI=1S/C31H31BrO8/c1-19-5-11-22(12-6-19)28(33)37-17-25-26(38-29(34)23-13-7-20(2)8-14-23)27(31(18-32,36-4)40-25)39-30(35)24-15-9-21(3)10-16-24/h5-16,25-27H,17-18H2,1-4H3/t25-,26-,27+,31-/m1/s1. The molecule has 1 fully saturated rings. The lowest BCUT2D eigenvalue weighted by molar-refractivity contribution is -0.230. The van der Waals surface area contributed by atoms with Crippen molar-refractivity contribution in [1.29, 1.82) is 0 Å². The molecule has 0 aliphatic carbocycles. The van der Waals surface area contributed by atoms with Gasteiger partial charge >= 0.3 is 17.9 Å². The molecule has 4 rings (SSSR count). The van der Waals surface area contributed by atoms with Gasteiger partial charge in [-0.2, -0.15) is 0 Å². The molecule has 0 N–H and O–H groups in total. The Morgan fingerprint density at radius 2 is 1.15 bits per heavy atom. The number of alkyl halides is 1. The Balaban J connectivity index is 1.62. The van der Waals surface area contributed by atoms with Gasteiger partial charge in [-0.15, -0.1) is 0 Å². The predicted octanol–water partition coefficient (Wildman–Crippen LogP) is 5.36. The largest absolute Gasteiger partial charge is 0.459 e. The maximum Gasteiger partial charge on any atom is 0.338 e. The van der Waals surface area contributed by atoms with Crippen LogP contribution in [0, 0.1) is 20.8 Å². The number of halogens is 1. The number of esters is 3. The van der Waals surface area contributed by atoms with Crippen LogP contribution in [0.5, 0.6) is 0 Å². The van der Waals surface area contributed by atoms with Crippen molar-refractivity contribution in [2.45, 2.75) is 44.9 Å². The van der Waals surface area contributed by atoms with Gasteiger partial charge in [0.05, 0.1) is 22.0 Å². The molecule has 1 aliphatic rings. The molecule has 0 unspecified atom stereocenters. The fourth-order valence-electron chi connectivity index (χ4n) is 4.27. The van der Waals surface area contributed by atoms with Crippen molar-refractivity contribution in [2.24, 2.45) is 0 Å². The molecule has 1 saturated heterocycles. The molecular weight excluding hydrogens is 580 g/mol. The Labute approximate surface area is 241 Å². The third-order valence-electron chi connectivity index (χ3n) is 6.70. The second-order valence-electron chi connectivity index (χ2n) is 9.70. The highest BCUT2D eigenvalue weighted by molar-refractivity contribution is 9.09. The van der Waals surface area contributed by atoms with E-state index in [1.165, 1.54) is 7.11 Å². The summed E-state index contributed by atoms with van der Waals surface area (Å²) in [5.41, 5.74) is 3.93. The van der Waals surface area contributed by atoms with Crippen LogP contribution in [0.15, 0.2) is 72.8 Å². The SMILES string of the molecule is CO[C@]1(CBr)O[C@H](COC(=O)c2ccc(C)cc2)[C@@H](OC(=O)c2ccc(C)cc2)[C@@H]1OC(=O)c1ccc(C)cc1. The number of hydrogen-bond donors (Lipinski definition) is 0. The summed E-state index contributed by atoms with van der Waals surface area (Å²) in [6.07, 6.45) is -3.35. The van der Waals surface area contributed by atoms with Crippen LogP contribution in [0.25, 0.3) is 0 Å². The van der Waals surface area contributed by atoms with Crippen molar-refractivity contribution in [1.82, 2.24) is 0 Å². The first-order valence-electron chi connectivity index (χ1n) is 12.7. The van der Waals surface area contributed by atoms with E-state index in [4.69, 9.17) is 23.7 Å². The Kier molecular flexibility index (Phi) is 9.40. The van der Waals surface area contributed by atoms with Gasteiger partial charge in [-0.05, 0) is 57.2 Å². The van der Waals surface area contributed by atoms with Gasteiger partial charge in [-0.3, -0.25) is 0 Å². The molecule has 3 aromatic carbocycles. The van der Waals surface area contributed by atoms with Crippen LogP contribution in [0.1, 0.15) is 47.8 Å². The number of carbonyl (C=O) groups excluding carboxylic acids is 3. The Morgan fingerprint density at radius 3 is 1.57 bits per heavy atom. The third-order valence-corrected chi connectivity index (χ3v) is 7.48. The first-order valence-corrected chi connectivity index (χ1v) is 13.9. The first-order chi connectivity index (χ1) is 19.2. The molecule has 3 aromatic rings. The maximum atomic E-state index is 13.2. The molecule has 0 amide bonds. The van der Waals surface area contributed by atoms with Crippen molar-refractivity contribution < 1.29 is 38.1 Å². The molecule has 1 heterocycles. The van der Waals surface area contributed by atoms with E-state index in [1.54, 1.807) is 72.8 Å². The molecular formula is C31H31BrO8. The topological polar surface area (TPSA) is 97.4 Å². The summed E-state index contributed by atoms with van der Waals surface area (Å²) in [7, 11) is 1.40. The fraction of sp³-hybridized carbons (Fsp3) is 0.323. The van der Waals surface area contributed by atoms with E-state index in [2.05, 4.69) is 15.9 Å². The van der Waals surface area contributed by atoms with E-state index in [0.29, 0.717) is 16.7 Å². The van der Waals surface area contributed by atoms with Gasteiger partial charge in [0, 0.05) is 7.11 Å². The smallest absolute Gasteiger partial charge is 0.338 e. The molecule has 0 saturated carbocycles. The molecule has 0 bridgehead atoms. The third kappa shape index (κ3) is 6.60. The molecule has 1 aliphatic heterocycles. The van der Waals surface area contributed by atoms with Gasteiger partial charge in [0.15, 0.2) is 12.2 Å². The molecule has 0 spiro atoms. The van der Waals surface area contributed by atoms with Crippen molar-refractivity contribution in [3.05, 3.63) is 106 Å². The fourth-order valence-corrected chi connectivity index (χ4v) is 4.95. The highest BCUT2D eigenvalue weighted by Gasteiger charge is 2.60. The van der Waals surface area contributed by atoms with Gasteiger partial charge in [0.2, 0.25) is 5.79 Å². The van der Waals surface area contributed by atoms with Gasteiger partial charge in [0.25, 0.3) is 0 Å². The number of benzene rings is 3. The van der Waals surface area contributed by atoms with Crippen LogP contribution in [0.2, 0.25) is 0 Å². The van der Waals surface area contributed by atoms with Crippen molar-refractivity contribution in [2.75, 3.05) is 19.0 Å². The van der Waals surface area contributed by atoms with Gasteiger partial charge in [0.1, 0.15) is 12.7 Å². The van der Waals surface area contributed by atoms with Gasteiger partial charge in [-0.25, -0.2) is 14.4 Å². The number of aryl methyl sites for hydroxylation is 3. The monoisotopic (exact) mass is 610 g/mol. The molecule has 4 atom stereocenters. The summed E-state index contributed by atoms with van der Waals surface area (Å²) in [6, 6.07) is 20.6. The van der Waals surface area contributed by atoms with E-state index >= 15 is 0 Å². The number of carbonyl (C=O) groups is 3. The summed E-state index contributed by atoms with van der Waals surface area (Å²) in [4.78, 5) is 39.1. The molecule has 40 heavy (non-hydrogen) atoms. The van der Waals surface area contributed by atoms with Gasteiger partial charge < -0.3 is 23.7 Å². The van der Waals surface area contributed by atoms with Crippen LogP contribution in [-0.4, -0.2) is 61.1 Å². The molecule has 210 valence electrons. The molecule has 0 aromatic heterocycles. The average Bonchev–Trinajstić information content (AvgIpc) is 3.24. The van der Waals surface area contributed by atoms with Gasteiger partial charge in [-0.1, -0.05) is 69.0 Å².